The highest BCUT2D eigenvalue weighted by molar-refractivity contribution is 5.83. The van der Waals surface area contributed by atoms with E-state index in [1.54, 1.807) is 0 Å². The molecule has 0 spiro atoms. The Morgan fingerprint density at radius 1 is 0.750 bits per heavy atom. The monoisotopic (exact) mass is 269 g/mol. The molecule has 0 bridgehead atoms. The summed E-state index contributed by atoms with van der Waals surface area (Å²) >= 11 is 0. The SMILES string of the molecule is Fc1ccc(NCc2ccc3ccccc3c2)cc1F. The molecule has 100 valence electrons. The second-order valence-corrected chi connectivity index (χ2v) is 4.66. The topological polar surface area (TPSA) is 12.0 Å². The Morgan fingerprint density at radius 3 is 2.35 bits per heavy atom. The normalized spacial score (nSPS) is 10.7. The van der Waals surface area contributed by atoms with Crippen LogP contribution in [-0.2, 0) is 6.54 Å². The first-order valence-corrected chi connectivity index (χ1v) is 6.39. The van der Waals surface area contributed by atoms with E-state index in [0.717, 1.165) is 23.1 Å². The summed E-state index contributed by atoms with van der Waals surface area (Å²) in [6.45, 7) is 0.565. The van der Waals surface area contributed by atoms with Gasteiger partial charge in [-0.25, -0.2) is 8.78 Å². The standard InChI is InChI=1S/C17H13F2N/c18-16-8-7-15(10-17(16)19)20-11-12-5-6-13-3-1-2-4-14(13)9-12/h1-10,20H,11H2. The van der Waals surface area contributed by atoms with Crippen molar-refractivity contribution < 1.29 is 8.78 Å². The molecule has 0 aliphatic rings. The lowest BCUT2D eigenvalue weighted by Crippen LogP contribution is -2.00. The largest absolute Gasteiger partial charge is 0.381 e. The van der Waals surface area contributed by atoms with Crippen molar-refractivity contribution in [2.75, 3.05) is 5.32 Å². The molecule has 20 heavy (non-hydrogen) atoms. The highest BCUT2D eigenvalue weighted by Gasteiger charge is 2.02. The smallest absolute Gasteiger partial charge is 0.160 e. The van der Waals surface area contributed by atoms with Crippen molar-refractivity contribution in [3.8, 4) is 0 Å². The minimum Gasteiger partial charge on any atom is -0.381 e. The van der Waals surface area contributed by atoms with Crippen LogP contribution in [0.25, 0.3) is 10.8 Å². The Morgan fingerprint density at radius 2 is 1.55 bits per heavy atom. The first-order valence-electron chi connectivity index (χ1n) is 6.39. The first-order chi connectivity index (χ1) is 9.72. The van der Waals surface area contributed by atoms with Gasteiger partial charge in [-0.3, -0.25) is 0 Å². The van der Waals surface area contributed by atoms with Gasteiger partial charge in [0, 0.05) is 18.3 Å². The average molecular weight is 269 g/mol. The van der Waals surface area contributed by atoms with E-state index in [9.17, 15) is 8.78 Å². The summed E-state index contributed by atoms with van der Waals surface area (Å²) in [6.07, 6.45) is 0. The molecule has 3 rings (SSSR count). The zero-order valence-electron chi connectivity index (χ0n) is 10.7. The summed E-state index contributed by atoms with van der Waals surface area (Å²) in [6, 6.07) is 18.1. The van der Waals surface area contributed by atoms with E-state index in [0.29, 0.717) is 12.2 Å². The maximum Gasteiger partial charge on any atom is 0.160 e. The number of rotatable bonds is 3. The van der Waals surface area contributed by atoms with Gasteiger partial charge in [0.15, 0.2) is 11.6 Å². The molecule has 3 heteroatoms. The van der Waals surface area contributed by atoms with Gasteiger partial charge in [-0.15, -0.1) is 0 Å². The number of anilines is 1. The van der Waals surface area contributed by atoms with Gasteiger partial charge in [-0.1, -0.05) is 36.4 Å². The van der Waals surface area contributed by atoms with Crippen LogP contribution in [0.5, 0.6) is 0 Å². The fourth-order valence-corrected chi connectivity index (χ4v) is 2.16. The maximum absolute atomic E-state index is 13.1. The minimum atomic E-state index is -0.839. The van der Waals surface area contributed by atoms with Gasteiger partial charge in [0.05, 0.1) is 0 Å². The van der Waals surface area contributed by atoms with Gasteiger partial charge in [-0.05, 0) is 34.5 Å². The van der Waals surface area contributed by atoms with Crippen LogP contribution < -0.4 is 5.32 Å². The van der Waals surface area contributed by atoms with Crippen LogP contribution in [0.1, 0.15) is 5.56 Å². The molecule has 0 heterocycles. The second-order valence-electron chi connectivity index (χ2n) is 4.66. The Bertz CT molecular complexity index is 753. The molecule has 1 nitrogen and oxygen atoms in total. The van der Waals surface area contributed by atoms with Crippen molar-refractivity contribution in [1.29, 1.82) is 0 Å². The molecule has 3 aromatic rings. The molecule has 1 N–H and O–H groups in total. The van der Waals surface area contributed by atoms with Crippen LogP contribution in [0.3, 0.4) is 0 Å². The third-order valence-corrected chi connectivity index (χ3v) is 3.23. The van der Waals surface area contributed by atoms with Crippen LogP contribution in [0.4, 0.5) is 14.5 Å². The van der Waals surface area contributed by atoms with Crippen molar-refractivity contribution in [2.24, 2.45) is 0 Å². The fourth-order valence-electron chi connectivity index (χ4n) is 2.16. The van der Waals surface area contributed by atoms with Gasteiger partial charge >= 0.3 is 0 Å². The maximum atomic E-state index is 13.1. The predicted molar refractivity (Wildman–Crippen MR) is 77.6 cm³/mol. The van der Waals surface area contributed by atoms with E-state index in [-0.39, 0.29) is 0 Å². The molecule has 0 aliphatic heterocycles. The summed E-state index contributed by atoms with van der Waals surface area (Å²) < 4.78 is 25.9. The van der Waals surface area contributed by atoms with Crippen LogP contribution in [0.15, 0.2) is 60.7 Å². The van der Waals surface area contributed by atoms with Gasteiger partial charge in [0.1, 0.15) is 0 Å². The highest BCUT2D eigenvalue weighted by atomic mass is 19.2. The van der Waals surface area contributed by atoms with Crippen molar-refractivity contribution in [2.45, 2.75) is 6.54 Å². The molecule has 0 radical (unpaired) electrons. The predicted octanol–water partition coefficient (Wildman–Crippen LogP) is 4.73. The number of nitrogens with one attached hydrogen (secondary N) is 1. The number of halogens is 2. The van der Waals surface area contributed by atoms with E-state index >= 15 is 0 Å². The molecular weight excluding hydrogens is 256 g/mol. The van der Waals surface area contributed by atoms with E-state index < -0.39 is 11.6 Å². The molecule has 3 aromatic carbocycles. The molecule has 0 aromatic heterocycles. The first kappa shape index (κ1) is 12.6. The van der Waals surface area contributed by atoms with Crippen LogP contribution in [-0.4, -0.2) is 0 Å². The van der Waals surface area contributed by atoms with E-state index in [4.69, 9.17) is 0 Å². The van der Waals surface area contributed by atoms with Crippen molar-refractivity contribution in [3.63, 3.8) is 0 Å². The Labute approximate surface area is 115 Å². The molecule has 0 amide bonds. The average Bonchev–Trinajstić information content (AvgIpc) is 2.48. The van der Waals surface area contributed by atoms with Crippen molar-refractivity contribution in [3.05, 3.63) is 77.9 Å². The Balaban J connectivity index is 1.77. The molecular formula is C17H13F2N. The molecule has 0 saturated carbocycles. The van der Waals surface area contributed by atoms with Crippen LogP contribution in [0, 0.1) is 11.6 Å². The van der Waals surface area contributed by atoms with Gasteiger partial charge in [-0.2, -0.15) is 0 Å². The molecule has 0 saturated heterocycles. The summed E-state index contributed by atoms with van der Waals surface area (Å²) in [7, 11) is 0. The lowest BCUT2D eigenvalue weighted by molar-refractivity contribution is 0.509. The molecule has 0 unspecified atom stereocenters. The molecule has 0 fully saturated rings. The lowest BCUT2D eigenvalue weighted by atomic mass is 10.1. The van der Waals surface area contributed by atoms with Crippen molar-refractivity contribution >= 4 is 16.5 Å². The fraction of sp³-hybridized carbons (Fsp3) is 0.0588. The van der Waals surface area contributed by atoms with E-state index in [2.05, 4.69) is 29.6 Å². The Kier molecular flexibility index (Phi) is 3.33. The third-order valence-electron chi connectivity index (χ3n) is 3.23. The van der Waals surface area contributed by atoms with Gasteiger partial charge in [0.2, 0.25) is 0 Å². The summed E-state index contributed by atoms with van der Waals surface area (Å²) in [4.78, 5) is 0. The number of hydrogen-bond acceptors (Lipinski definition) is 1. The van der Waals surface area contributed by atoms with E-state index in [1.165, 1.54) is 11.5 Å². The number of fused-ring (bicyclic) bond motifs is 1. The zero-order valence-corrected chi connectivity index (χ0v) is 10.7. The summed E-state index contributed by atoms with van der Waals surface area (Å²) in [5.74, 6) is -1.67. The van der Waals surface area contributed by atoms with Gasteiger partial charge in [0.25, 0.3) is 0 Å². The quantitative estimate of drug-likeness (QED) is 0.724. The molecule has 0 atom stereocenters. The third kappa shape index (κ3) is 2.62. The van der Waals surface area contributed by atoms with Crippen molar-refractivity contribution in [1.82, 2.24) is 0 Å². The van der Waals surface area contributed by atoms with Gasteiger partial charge < -0.3 is 5.32 Å². The zero-order chi connectivity index (χ0) is 13.9. The Hall–Kier alpha value is -2.42. The minimum absolute atomic E-state index is 0.565. The number of benzene rings is 3. The lowest BCUT2D eigenvalue weighted by Gasteiger charge is -2.08. The summed E-state index contributed by atoms with van der Waals surface area (Å²) in [5.41, 5.74) is 1.66. The van der Waals surface area contributed by atoms with Crippen LogP contribution in [0.2, 0.25) is 0 Å². The van der Waals surface area contributed by atoms with Crippen LogP contribution >= 0.6 is 0 Å². The van der Waals surface area contributed by atoms with E-state index in [1.807, 2.05) is 18.2 Å². The number of hydrogen-bond donors (Lipinski definition) is 1. The second kappa shape index (κ2) is 5.29. The highest BCUT2D eigenvalue weighted by Crippen LogP contribution is 2.18. The summed E-state index contributed by atoms with van der Waals surface area (Å²) in [5, 5.41) is 5.44. The molecule has 0 aliphatic carbocycles.